The summed E-state index contributed by atoms with van der Waals surface area (Å²) in [6, 6.07) is 19.9. The summed E-state index contributed by atoms with van der Waals surface area (Å²) in [5, 5.41) is 7.71. The highest BCUT2D eigenvalue weighted by Gasteiger charge is 2.22. The Morgan fingerprint density at radius 3 is 2.26 bits per heavy atom. The lowest BCUT2D eigenvalue weighted by Crippen LogP contribution is -2.33. The number of hydrogen-bond acceptors (Lipinski definition) is 4. The van der Waals surface area contributed by atoms with E-state index in [9.17, 15) is 13.2 Å². The van der Waals surface area contributed by atoms with Crippen LogP contribution in [0.15, 0.2) is 103 Å². The van der Waals surface area contributed by atoms with Crippen molar-refractivity contribution >= 4 is 55.8 Å². The SMILES string of the molecule is C=CCN(CC=C)S(=O)(=O)c1ccc(NC(=S)NC(=O)/C=C\c2cccc3ccccc23)cc1. The zero-order valence-corrected chi connectivity index (χ0v) is 20.1. The van der Waals surface area contributed by atoms with Gasteiger partial charge in [-0.05, 0) is 58.9 Å². The number of rotatable bonds is 9. The zero-order valence-electron chi connectivity index (χ0n) is 18.5. The fourth-order valence-corrected chi connectivity index (χ4v) is 4.90. The largest absolute Gasteiger partial charge is 0.332 e. The van der Waals surface area contributed by atoms with Gasteiger partial charge in [0, 0.05) is 24.9 Å². The van der Waals surface area contributed by atoms with E-state index in [2.05, 4.69) is 23.8 Å². The number of carbonyl (C=O) groups excluding carboxylic acids is 1. The number of fused-ring (bicyclic) bond motifs is 1. The third-order valence-corrected chi connectivity index (χ3v) is 6.94. The molecule has 8 heteroatoms. The molecule has 3 aromatic carbocycles. The number of thiocarbonyl (C=S) groups is 1. The van der Waals surface area contributed by atoms with Crippen LogP contribution in [-0.4, -0.2) is 36.8 Å². The van der Waals surface area contributed by atoms with Crippen molar-refractivity contribution in [3.63, 3.8) is 0 Å². The van der Waals surface area contributed by atoms with Crippen molar-refractivity contribution in [1.29, 1.82) is 0 Å². The van der Waals surface area contributed by atoms with Gasteiger partial charge in [-0.25, -0.2) is 8.42 Å². The molecule has 0 atom stereocenters. The number of anilines is 1. The second-order valence-corrected chi connectivity index (χ2v) is 9.62. The van der Waals surface area contributed by atoms with Crippen LogP contribution in [0.25, 0.3) is 16.8 Å². The van der Waals surface area contributed by atoms with E-state index in [0.29, 0.717) is 5.69 Å². The Morgan fingerprint density at radius 1 is 0.941 bits per heavy atom. The summed E-state index contributed by atoms with van der Waals surface area (Å²) in [7, 11) is -3.69. The topological polar surface area (TPSA) is 78.5 Å². The van der Waals surface area contributed by atoms with Crippen LogP contribution in [0.3, 0.4) is 0 Å². The number of benzene rings is 3. The summed E-state index contributed by atoms with van der Waals surface area (Å²) in [5.74, 6) is -0.380. The molecule has 0 bridgehead atoms. The average molecular weight is 492 g/mol. The highest BCUT2D eigenvalue weighted by molar-refractivity contribution is 7.89. The van der Waals surface area contributed by atoms with Gasteiger partial charge in [0.1, 0.15) is 0 Å². The van der Waals surface area contributed by atoms with Crippen molar-refractivity contribution in [2.45, 2.75) is 4.90 Å². The van der Waals surface area contributed by atoms with Gasteiger partial charge in [-0.2, -0.15) is 4.31 Å². The molecular weight excluding hydrogens is 466 g/mol. The molecule has 0 aliphatic carbocycles. The Hall–Kier alpha value is -3.59. The molecule has 3 rings (SSSR count). The Morgan fingerprint density at radius 2 is 1.59 bits per heavy atom. The average Bonchev–Trinajstić information content (AvgIpc) is 2.83. The van der Waals surface area contributed by atoms with Crippen LogP contribution in [0.2, 0.25) is 0 Å². The highest BCUT2D eigenvalue weighted by atomic mass is 32.2. The van der Waals surface area contributed by atoms with Gasteiger partial charge < -0.3 is 5.32 Å². The van der Waals surface area contributed by atoms with Crippen LogP contribution in [-0.2, 0) is 14.8 Å². The number of nitrogens with one attached hydrogen (secondary N) is 2. The lowest BCUT2D eigenvalue weighted by Gasteiger charge is -2.19. The Balaban J connectivity index is 1.62. The standard InChI is InChI=1S/C26H25N3O3S2/c1-3-18-29(19-4-2)34(31,32)23-15-13-22(14-16-23)27-26(33)28-25(30)17-12-21-10-7-9-20-8-5-6-11-24(20)21/h3-17H,1-2,18-19H2,(H2,27,28,30,33)/b17-12-. The van der Waals surface area contributed by atoms with Crippen LogP contribution in [0.4, 0.5) is 5.69 Å². The molecule has 174 valence electrons. The molecule has 1 amide bonds. The van der Waals surface area contributed by atoms with Crippen molar-refractivity contribution in [2.24, 2.45) is 0 Å². The summed E-state index contributed by atoms with van der Waals surface area (Å²) in [4.78, 5) is 12.4. The van der Waals surface area contributed by atoms with Crippen molar-refractivity contribution in [1.82, 2.24) is 9.62 Å². The van der Waals surface area contributed by atoms with E-state index < -0.39 is 10.0 Å². The third-order valence-electron chi connectivity index (χ3n) is 4.89. The number of carbonyl (C=O) groups is 1. The normalized spacial score (nSPS) is 11.4. The van der Waals surface area contributed by atoms with Gasteiger partial charge in [-0.1, -0.05) is 54.6 Å². The van der Waals surface area contributed by atoms with E-state index in [1.807, 2.05) is 42.5 Å². The molecule has 34 heavy (non-hydrogen) atoms. The fourth-order valence-electron chi connectivity index (χ4n) is 3.30. The molecule has 0 unspecified atom stereocenters. The summed E-state index contributed by atoms with van der Waals surface area (Å²) in [6.07, 6.45) is 6.19. The zero-order chi connectivity index (χ0) is 24.6. The molecule has 0 saturated heterocycles. The van der Waals surface area contributed by atoms with Crippen molar-refractivity contribution in [3.8, 4) is 0 Å². The summed E-state index contributed by atoms with van der Waals surface area (Å²) in [6.45, 7) is 7.55. The Bertz CT molecular complexity index is 1330. The summed E-state index contributed by atoms with van der Waals surface area (Å²) in [5.41, 5.74) is 1.46. The first-order chi connectivity index (χ1) is 16.3. The smallest absolute Gasteiger partial charge is 0.250 e. The molecule has 0 radical (unpaired) electrons. The second kappa shape index (κ2) is 11.5. The molecular formula is C26H25N3O3S2. The molecule has 0 saturated carbocycles. The molecule has 0 spiro atoms. The first-order valence-corrected chi connectivity index (χ1v) is 12.3. The third kappa shape index (κ3) is 6.26. The molecule has 0 aliphatic rings. The van der Waals surface area contributed by atoms with E-state index in [4.69, 9.17) is 12.2 Å². The molecule has 0 aliphatic heterocycles. The van der Waals surface area contributed by atoms with Crippen molar-refractivity contribution in [3.05, 3.63) is 104 Å². The molecule has 6 nitrogen and oxygen atoms in total. The number of sulfonamides is 1. The molecule has 2 N–H and O–H groups in total. The summed E-state index contributed by atoms with van der Waals surface area (Å²) >= 11 is 5.21. The minimum Gasteiger partial charge on any atom is -0.332 e. The quantitative estimate of drug-likeness (QED) is 0.257. The van der Waals surface area contributed by atoms with Crippen LogP contribution in [0.5, 0.6) is 0 Å². The molecule has 0 heterocycles. The van der Waals surface area contributed by atoms with Crippen LogP contribution in [0.1, 0.15) is 5.56 Å². The molecule has 3 aromatic rings. The van der Waals surface area contributed by atoms with Gasteiger partial charge >= 0.3 is 0 Å². The van der Waals surface area contributed by atoms with Crippen LogP contribution >= 0.6 is 12.2 Å². The maximum Gasteiger partial charge on any atom is 0.250 e. The van der Waals surface area contributed by atoms with E-state index in [1.165, 1.54) is 34.7 Å². The number of amides is 1. The fraction of sp³-hybridized carbons (Fsp3) is 0.0769. The van der Waals surface area contributed by atoms with E-state index >= 15 is 0 Å². The Labute approximate surface area is 205 Å². The number of nitrogens with zero attached hydrogens (tertiary/aromatic N) is 1. The van der Waals surface area contributed by atoms with Gasteiger partial charge in [-0.3, -0.25) is 10.1 Å². The van der Waals surface area contributed by atoms with Gasteiger partial charge in [0.2, 0.25) is 15.9 Å². The number of hydrogen-bond donors (Lipinski definition) is 2. The van der Waals surface area contributed by atoms with Gasteiger partial charge in [-0.15, -0.1) is 13.2 Å². The minimum atomic E-state index is -3.69. The molecule has 0 fully saturated rings. The van der Waals surface area contributed by atoms with Crippen LogP contribution < -0.4 is 10.6 Å². The maximum atomic E-state index is 12.8. The van der Waals surface area contributed by atoms with Gasteiger partial charge in [0.05, 0.1) is 4.90 Å². The van der Waals surface area contributed by atoms with E-state index in [0.717, 1.165) is 16.3 Å². The minimum absolute atomic E-state index is 0.100. The highest BCUT2D eigenvalue weighted by Crippen LogP contribution is 2.20. The van der Waals surface area contributed by atoms with Crippen molar-refractivity contribution in [2.75, 3.05) is 18.4 Å². The Kier molecular flexibility index (Phi) is 8.48. The molecule has 0 aromatic heterocycles. The van der Waals surface area contributed by atoms with Gasteiger partial charge in [0.25, 0.3) is 0 Å². The monoisotopic (exact) mass is 491 g/mol. The van der Waals surface area contributed by atoms with Crippen molar-refractivity contribution < 1.29 is 13.2 Å². The maximum absolute atomic E-state index is 12.8. The predicted molar refractivity (Wildman–Crippen MR) is 143 cm³/mol. The first kappa shape index (κ1) is 25.0. The second-order valence-electron chi connectivity index (χ2n) is 7.27. The van der Waals surface area contributed by atoms with Crippen LogP contribution in [0, 0.1) is 0 Å². The van der Waals surface area contributed by atoms with E-state index in [1.54, 1.807) is 18.2 Å². The lowest BCUT2D eigenvalue weighted by molar-refractivity contribution is -0.115. The first-order valence-electron chi connectivity index (χ1n) is 10.4. The van der Waals surface area contributed by atoms with Gasteiger partial charge in [0.15, 0.2) is 5.11 Å². The van der Waals surface area contributed by atoms with E-state index in [-0.39, 0.29) is 29.0 Å². The predicted octanol–water partition coefficient (Wildman–Crippen LogP) is 4.73. The lowest BCUT2D eigenvalue weighted by atomic mass is 10.0. The summed E-state index contributed by atoms with van der Waals surface area (Å²) < 4.78 is 26.8.